The van der Waals surface area contributed by atoms with Crippen LogP contribution >= 0.6 is 0 Å². The van der Waals surface area contributed by atoms with Gasteiger partial charge in [0, 0.05) is 44.1 Å². The van der Waals surface area contributed by atoms with E-state index < -0.39 is 0 Å². The molecule has 0 bridgehead atoms. The predicted molar refractivity (Wildman–Crippen MR) is 320 cm³/mol. The molecule has 12 aromatic rings. The Labute approximate surface area is 470 Å². The summed E-state index contributed by atoms with van der Waals surface area (Å²) in [6.07, 6.45) is 0. The van der Waals surface area contributed by atoms with Gasteiger partial charge < -0.3 is 9.13 Å². The van der Waals surface area contributed by atoms with Gasteiger partial charge in [0.25, 0.3) is 0 Å². The summed E-state index contributed by atoms with van der Waals surface area (Å²) < 4.78 is 4.27. The van der Waals surface area contributed by atoms with Gasteiger partial charge in [-0.3, -0.25) is 4.98 Å². The van der Waals surface area contributed by atoms with Crippen LogP contribution in [0.25, 0.3) is 135 Å². The monoisotopic (exact) mass is 1040 g/mol. The lowest BCUT2D eigenvalue weighted by atomic mass is 9.98. The molecular weight excluding hydrogens is 1010 g/mol. The van der Waals surface area contributed by atoms with Crippen LogP contribution in [-0.2, 0) is 0 Å². The Morgan fingerprint density at radius 1 is 0.329 bits per heavy atom. The van der Waals surface area contributed by atoms with Crippen LogP contribution in [0.2, 0.25) is 0 Å². The number of pyridine rings is 1. The molecule has 0 saturated carbocycles. The maximum Gasteiger partial charge on any atom is 0.197 e. The highest BCUT2D eigenvalue weighted by Crippen LogP contribution is 2.46. The van der Waals surface area contributed by atoms with Crippen molar-refractivity contribution < 1.29 is 0 Å². The van der Waals surface area contributed by atoms with Crippen molar-refractivity contribution in [3.63, 3.8) is 0 Å². The van der Waals surface area contributed by atoms with E-state index in [0.717, 1.165) is 77.3 Å². The summed E-state index contributed by atoms with van der Waals surface area (Å²) in [6, 6.07) is 61.0. The number of aromatic nitrogens is 3. The molecule has 12 heteroatoms. The first-order valence-corrected chi connectivity index (χ1v) is 25.4. The quantitative estimate of drug-likeness (QED) is 0.146. The van der Waals surface area contributed by atoms with E-state index in [4.69, 9.17) is 37.8 Å². The molecule has 0 fully saturated rings. The van der Waals surface area contributed by atoms with Gasteiger partial charge in [0.1, 0.15) is 0 Å². The molecule has 0 radical (unpaired) electrons. The van der Waals surface area contributed by atoms with Crippen LogP contribution in [0.1, 0.15) is 33.6 Å². The minimum atomic E-state index is 0.305. The summed E-state index contributed by atoms with van der Waals surface area (Å²) >= 11 is 0. The van der Waals surface area contributed by atoms with Gasteiger partial charge >= 0.3 is 0 Å². The molecule has 0 aliphatic rings. The highest BCUT2D eigenvalue weighted by Gasteiger charge is 2.25. The average Bonchev–Trinajstić information content (AvgIpc) is 3.67. The molecule has 12 rings (SSSR count). The molecule has 0 aliphatic heterocycles. The Bertz CT molecular complexity index is 4840. The van der Waals surface area contributed by atoms with Gasteiger partial charge in [0.05, 0.1) is 102 Å². The minimum absolute atomic E-state index is 0.305. The molecule has 0 atom stereocenters. The van der Waals surface area contributed by atoms with Crippen molar-refractivity contribution >= 4 is 72.0 Å². The SMILES string of the molecule is [C-]#[N+]c1cc(C#N)cc(-c2ccc3c4ccc(-c5cc([N+]#[C-])cc([N+]#[C-])c5)cc4n(-c4cc([N+]#[C-])c(-c5cc(C)nc(C)c5)cc4-n4c5cc(-c6cc(C#N)cc(C#N)c6)ccc5c5ccc(-c6cc(C#N)cc([N+]#[C-])c6)cc54)c3c2)c1. The molecule has 0 amide bonds. The highest BCUT2D eigenvalue weighted by molar-refractivity contribution is 6.14. The Balaban J connectivity index is 1.28. The first kappa shape index (κ1) is 50.0. The first-order valence-electron chi connectivity index (χ1n) is 25.4. The number of fused-ring (bicyclic) bond motifs is 6. The van der Waals surface area contributed by atoms with Crippen molar-refractivity contribution in [1.82, 2.24) is 14.1 Å². The van der Waals surface area contributed by atoms with Gasteiger partial charge in [-0.05, 0) is 173 Å². The summed E-state index contributed by atoms with van der Waals surface area (Å²) in [7, 11) is 0. The van der Waals surface area contributed by atoms with Crippen LogP contribution in [0.5, 0.6) is 0 Å². The molecule has 374 valence electrons. The van der Waals surface area contributed by atoms with Gasteiger partial charge in [-0.15, -0.1) is 0 Å². The fourth-order valence-electron chi connectivity index (χ4n) is 11.1. The second-order valence-electron chi connectivity index (χ2n) is 19.7. The average molecular weight is 1040 g/mol. The third-order valence-electron chi connectivity index (χ3n) is 14.7. The molecule has 12 nitrogen and oxygen atoms in total. The van der Waals surface area contributed by atoms with Gasteiger partial charge in [-0.25, -0.2) is 24.2 Å². The summed E-state index contributed by atoms with van der Waals surface area (Å²) in [5.74, 6) is 0. The van der Waals surface area contributed by atoms with E-state index in [2.05, 4.69) is 57.6 Å². The Morgan fingerprint density at radius 3 is 1.01 bits per heavy atom. The third kappa shape index (κ3) is 8.57. The zero-order valence-electron chi connectivity index (χ0n) is 43.5. The molecule has 0 unspecified atom stereocenters. The number of nitrogens with zero attached hydrogens (tertiary/aromatic N) is 12. The van der Waals surface area contributed by atoms with E-state index in [9.17, 15) is 21.0 Å². The molecule has 0 N–H and O–H groups in total. The second-order valence-corrected chi connectivity index (χ2v) is 19.7. The molecule has 82 heavy (non-hydrogen) atoms. The van der Waals surface area contributed by atoms with Crippen LogP contribution in [0, 0.1) is 92.0 Å². The molecule has 3 heterocycles. The van der Waals surface area contributed by atoms with Crippen molar-refractivity contribution in [1.29, 1.82) is 21.0 Å². The van der Waals surface area contributed by atoms with Crippen molar-refractivity contribution in [3.8, 4) is 91.3 Å². The van der Waals surface area contributed by atoms with Crippen LogP contribution in [0.3, 0.4) is 0 Å². The number of rotatable bonds is 7. The number of hydrogen-bond donors (Lipinski definition) is 0. The summed E-state index contributed by atoms with van der Waals surface area (Å²) in [5, 5.41) is 43.9. The van der Waals surface area contributed by atoms with Crippen LogP contribution in [-0.4, -0.2) is 14.1 Å². The fraction of sp³-hybridized carbons (Fsp3) is 0.0286. The zero-order chi connectivity index (χ0) is 56.9. The number of nitriles is 4. The van der Waals surface area contributed by atoms with E-state index in [1.165, 1.54) is 0 Å². The third-order valence-corrected chi connectivity index (χ3v) is 14.7. The first-order chi connectivity index (χ1) is 39.9. The molecule has 9 aromatic carbocycles. The Morgan fingerprint density at radius 2 is 0.659 bits per heavy atom. The number of hydrogen-bond acceptors (Lipinski definition) is 5. The lowest BCUT2D eigenvalue weighted by molar-refractivity contribution is 1.10. The lowest BCUT2D eigenvalue weighted by Gasteiger charge is -2.21. The van der Waals surface area contributed by atoms with Gasteiger partial charge in [0.15, 0.2) is 28.4 Å². The van der Waals surface area contributed by atoms with Crippen LogP contribution in [0.4, 0.5) is 28.4 Å². The van der Waals surface area contributed by atoms with Crippen molar-refractivity contribution in [2.75, 3.05) is 0 Å². The highest BCUT2D eigenvalue weighted by atomic mass is 15.1. The van der Waals surface area contributed by atoms with E-state index in [0.29, 0.717) is 95.4 Å². The Hall–Kier alpha value is -12.9. The van der Waals surface area contributed by atoms with Gasteiger partial charge in [0.2, 0.25) is 0 Å². The number of benzene rings is 9. The second kappa shape index (κ2) is 19.9. The predicted octanol–water partition coefficient (Wildman–Crippen LogP) is 18.5. The maximum absolute atomic E-state index is 10.1. The summed E-state index contributed by atoms with van der Waals surface area (Å²) in [6.45, 7) is 44.4. The molecular formula is C70H34N12. The topological polar surface area (TPSA) is 140 Å². The van der Waals surface area contributed by atoms with Gasteiger partial charge in [-0.1, -0.05) is 66.7 Å². The zero-order valence-corrected chi connectivity index (χ0v) is 43.5. The van der Waals surface area contributed by atoms with E-state index in [1.54, 1.807) is 72.8 Å². The normalized spacial score (nSPS) is 10.7. The van der Waals surface area contributed by atoms with E-state index in [-0.39, 0.29) is 0 Å². The lowest BCUT2D eigenvalue weighted by Crippen LogP contribution is -2.05. The molecule has 3 aromatic heterocycles. The molecule has 0 spiro atoms. The standard InChI is InChI=1S/C70H34N12/c1-40-16-54(17-41(2)80-40)63-34-69(81-65-29-46(50-19-42(36-71)18-43(20-50)37-72)8-12-59(65)60-13-9-47(30-66(60)81)51-21-44(38-73)23-55(25-51)75-3)70(35-64(63)79-7)82-67-31-48(52-22-45(39-74)24-56(26-52)76-4)10-14-61(67)62-15-11-49(32-68(62)82)53-27-57(77-5)33-58(28-53)78-6/h8-35H,1-2H3. The molecule has 0 aliphatic carbocycles. The van der Waals surface area contributed by atoms with Gasteiger partial charge in [-0.2, -0.15) is 21.0 Å². The largest absolute Gasteiger partial charge is 0.308 e. The van der Waals surface area contributed by atoms with Crippen molar-refractivity contribution in [3.05, 3.63) is 261 Å². The van der Waals surface area contributed by atoms with Crippen LogP contribution < -0.4 is 0 Å². The Kier molecular flexibility index (Phi) is 12.1. The van der Waals surface area contributed by atoms with Crippen molar-refractivity contribution in [2.45, 2.75) is 13.8 Å². The van der Waals surface area contributed by atoms with E-state index >= 15 is 0 Å². The summed E-state index contributed by atoms with van der Waals surface area (Å²) in [4.78, 5) is 23.8. The fourth-order valence-corrected chi connectivity index (χ4v) is 11.1. The number of aryl methyl sites for hydroxylation is 2. The summed E-state index contributed by atoms with van der Waals surface area (Å²) in [5.41, 5.74) is 15.4. The maximum atomic E-state index is 10.1. The van der Waals surface area contributed by atoms with E-state index in [1.807, 2.05) is 111 Å². The minimum Gasteiger partial charge on any atom is -0.308 e. The van der Waals surface area contributed by atoms with Crippen LogP contribution in [0.15, 0.2) is 170 Å². The van der Waals surface area contributed by atoms with Crippen molar-refractivity contribution in [2.24, 2.45) is 0 Å². The smallest absolute Gasteiger partial charge is 0.197 e. The molecule has 0 saturated heterocycles.